The molecule has 0 spiro atoms. The lowest BCUT2D eigenvalue weighted by molar-refractivity contribution is -0.917. The largest absolute Gasteiger partial charge is 0.489 e. The van der Waals surface area contributed by atoms with Crippen LogP contribution in [0.2, 0.25) is 0 Å². The summed E-state index contributed by atoms with van der Waals surface area (Å²) in [6.45, 7) is 38.6. The summed E-state index contributed by atoms with van der Waals surface area (Å²) in [6, 6.07) is 29.9. The number of anilines is 10. The molecule has 4 fully saturated rings. The van der Waals surface area contributed by atoms with E-state index in [4.69, 9.17) is 61.8 Å². The highest BCUT2D eigenvalue weighted by Gasteiger charge is 2.30. The maximum absolute atomic E-state index is 5.84. The second-order valence-corrected chi connectivity index (χ2v) is 35.0. The predicted molar refractivity (Wildman–Crippen MR) is 477 cm³/mol. The smallest absolute Gasteiger partial charge is 0.243 e. The Morgan fingerprint density at radius 2 is 0.586 bits per heavy atom. The van der Waals surface area contributed by atoms with E-state index in [2.05, 4.69) is 129 Å². The number of imidazole rings is 1. The first-order valence-corrected chi connectivity index (χ1v) is 44.7. The number of aryl methyl sites for hydroxylation is 2. The molecule has 642 valence electrons. The normalized spacial score (nSPS) is 18.4. The summed E-state index contributed by atoms with van der Waals surface area (Å²) in [6.07, 6.45) is 28.3. The number of aromatic nitrogens is 2. The van der Waals surface area contributed by atoms with Gasteiger partial charge >= 0.3 is 0 Å². The first-order chi connectivity index (χ1) is 56.4. The van der Waals surface area contributed by atoms with E-state index in [-0.39, 0.29) is 0 Å². The van der Waals surface area contributed by atoms with Crippen LogP contribution in [0.1, 0.15) is 109 Å². The molecule has 116 heavy (non-hydrogen) atoms. The number of nitrogens with one attached hydrogen (secondary N) is 2. The standard InChI is InChI=1S/C19H33N4O2.C19H33N4O.C18H30N3O2.C18H30N3O.C17H25N4O/c1-23(11-14-24-15-12-23)10-3-7-21-6-2-8-22-9-13-25-19-16-17(20)4-5-18(19)22;1-23(12-2-3-13-23)14-5-9-21-8-4-10-22-11-15-24-19-16-17(20)6-7-18(19)22;1-21(10-13-22-14-11-21)9-4-2-3-7-20-8-12-23-18-15-16(19)5-6-17(18)20;1-21(12-5-6-13-21)11-4-2-3-9-20-10-14-22-18-15-16(19)7-8-17(18)20;1-19-9-10-20(14-19)7-3-2-4-8-21-11-12-22-17-13-15(18)5-6-16(17)21/h4-5,16,21H,2-3,6-15,20H2,1H3;6-7,16,21H,2-5,8-15,20H2,1H3;5-6,15H,2-4,7-14,19H2,1H3;7-8,15H,2-6,9-14,19H2,1H3;5-6,9-10,13-14H,2-4,7-8,11-12,18H2,1H3/q5*+1. The average molecular weight is 1610 g/mol. The molecule has 12 N–H and O–H groups in total. The monoisotopic (exact) mass is 1610 g/mol. The van der Waals surface area contributed by atoms with Crippen molar-refractivity contribution >= 4 is 56.9 Å². The quantitative estimate of drug-likeness (QED) is 0.00860. The molecule has 0 unspecified atom stereocenters. The van der Waals surface area contributed by atoms with Gasteiger partial charge < -0.3 is 115 Å². The number of nitrogens with two attached hydrogens (primary N) is 5. The van der Waals surface area contributed by atoms with E-state index in [9.17, 15) is 0 Å². The molecular formula is C91H151N18O7+5. The maximum Gasteiger partial charge on any atom is 0.243 e. The van der Waals surface area contributed by atoms with Crippen molar-refractivity contribution < 1.29 is 55.7 Å². The fourth-order valence-corrected chi connectivity index (χ4v) is 17.9. The van der Waals surface area contributed by atoms with Gasteiger partial charge in [-0.25, -0.2) is 9.13 Å². The highest BCUT2D eigenvalue weighted by molar-refractivity contribution is 5.69. The summed E-state index contributed by atoms with van der Waals surface area (Å²) < 4.78 is 48.7. The van der Waals surface area contributed by atoms with E-state index < -0.39 is 0 Å². The molecule has 0 aliphatic carbocycles. The molecule has 9 aliphatic heterocycles. The Balaban J connectivity index is 0.000000143. The third-order valence-electron chi connectivity index (χ3n) is 25.2. The number of benzene rings is 5. The lowest BCUT2D eigenvalue weighted by atomic mass is 10.1. The van der Waals surface area contributed by atoms with E-state index in [0.29, 0.717) is 0 Å². The zero-order chi connectivity index (χ0) is 81.3. The molecule has 5 aromatic carbocycles. The minimum atomic E-state index is 0.740. The van der Waals surface area contributed by atoms with Crippen molar-refractivity contribution in [2.24, 2.45) is 7.05 Å². The third kappa shape index (κ3) is 28.6. The van der Waals surface area contributed by atoms with Gasteiger partial charge in [0.15, 0.2) is 0 Å². The van der Waals surface area contributed by atoms with Crippen molar-refractivity contribution in [3.05, 3.63) is 110 Å². The van der Waals surface area contributed by atoms with Gasteiger partial charge in [0.1, 0.15) is 100 Å². The van der Waals surface area contributed by atoms with Crippen LogP contribution in [0, 0.1) is 0 Å². The van der Waals surface area contributed by atoms with Gasteiger partial charge in [-0.3, -0.25) is 0 Å². The van der Waals surface area contributed by atoms with Crippen molar-refractivity contribution in [2.75, 3.05) is 311 Å². The van der Waals surface area contributed by atoms with Gasteiger partial charge in [-0.15, -0.1) is 0 Å². The first kappa shape index (κ1) is 88.8. The molecule has 1 aromatic heterocycles. The second-order valence-electron chi connectivity index (χ2n) is 35.0. The number of fused-ring (bicyclic) bond motifs is 5. The molecular weight excluding hydrogens is 1460 g/mol. The second kappa shape index (κ2) is 45.8. The van der Waals surface area contributed by atoms with Gasteiger partial charge in [0.05, 0.1) is 182 Å². The molecule has 0 bridgehead atoms. The van der Waals surface area contributed by atoms with Crippen LogP contribution in [0.5, 0.6) is 28.7 Å². The number of hydrogen-bond acceptors (Lipinski definition) is 19. The summed E-state index contributed by atoms with van der Waals surface area (Å²) >= 11 is 0. The van der Waals surface area contributed by atoms with Crippen LogP contribution in [0.25, 0.3) is 0 Å². The zero-order valence-corrected chi connectivity index (χ0v) is 72.0. The molecule has 0 atom stereocenters. The Labute approximate surface area is 696 Å². The molecule has 0 radical (unpaired) electrons. The highest BCUT2D eigenvalue weighted by Crippen LogP contribution is 2.38. The Morgan fingerprint density at radius 3 is 0.888 bits per heavy atom. The number of rotatable bonds is 34. The van der Waals surface area contributed by atoms with E-state index >= 15 is 0 Å². The number of morpholine rings is 2. The Morgan fingerprint density at radius 1 is 0.319 bits per heavy atom. The van der Waals surface area contributed by atoms with Crippen molar-refractivity contribution in [3.8, 4) is 28.7 Å². The van der Waals surface area contributed by atoms with E-state index in [1.54, 1.807) is 0 Å². The number of nitrogens with zero attached hydrogens (tertiary/aromatic N) is 11. The Kier molecular flexibility index (Phi) is 35.1. The summed E-state index contributed by atoms with van der Waals surface area (Å²) in [7, 11) is 11.6. The zero-order valence-electron chi connectivity index (χ0n) is 72.0. The third-order valence-corrected chi connectivity index (χ3v) is 25.2. The first-order valence-electron chi connectivity index (χ1n) is 44.7. The molecule has 25 nitrogen and oxygen atoms in total. The average Bonchev–Trinajstić information content (AvgIpc) is 1.22. The van der Waals surface area contributed by atoms with Crippen LogP contribution in [0.15, 0.2) is 110 Å². The maximum atomic E-state index is 5.84. The van der Waals surface area contributed by atoms with Crippen LogP contribution < -0.4 is 92.1 Å². The topological polar surface area (TPSA) is 244 Å². The number of unbranched alkanes of at least 4 members (excludes halogenated alkanes) is 6. The number of quaternary nitrogens is 4. The molecule has 6 aromatic rings. The Bertz CT molecular complexity index is 3840. The number of ether oxygens (including phenoxy) is 7. The fourth-order valence-electron chi connectivity index (χ4n) is 17.9. The van der Waals surface area contributed by atoms with Crippen molar-refractivity contribution in [3.63, 3.8) is 0 Å². The number of likely N-dealkylation sites (tertiary alicyclic amines) is 2. The summed E-state index contributed by atoms with van der Waals surface area (Å²) in [4.78, 5) is 12.1. The van der Waals surface area contributed by atoms with E-state index in [1.165, 1.54) is 191 Å². The van der Waals surface area contributed by atoms with Crippen molar-refractivity contribution in [1.82, 2.24) is 15.2 Å². The Hall–Kier alpha value is -8.01. The number of hydrogen-bond donors (Lipinski definition) is 7. The molecule has 0 amide bonds. The van der Waals surface area contributed by atoms with Crippen LogP contribution in [-0.2, 0) is 23.1 Å². The van der Waals surface area contributed by atoms with E-state index in [1.807, 2.05) is 60.7 Å². The molecule has 10 heterocycles. The van der Waals surface area contributed by atoms with Gasteiger partial charge in [0.25, 0.3) is 0 Å². The van der Waals surface area contributed by atoms with Gasteiger partial charge in [0, 0.05) is 143 Å². The van der Waals surface area contributed by atoms with Crippen molar-refractivity contribution in [1.29, 1.82) is 0 Å². The summed E-state index contributed by atoms with van der Waals surface area (Å²) in [5.41, 5.74) is 39.0. The predicted octanol–water partition coefficient (Wildman–Crippen LogP) is 10.3. The lowest BCUT2D eigenvalue weighted by Crippen LogP contribution is -2.52. The molecule has 25 heteroatoms. The molecule has 15 rings (SSSR count). The van der Waals surface area contributed by atoms with Gasteiger partial charge in [0.2, 0.25) is 6.33 Å². The van der Waals surface area contributed by atoms with Crippen molar-refractivity contribution in [2.45, 2.75) is 116 Å². The molecule has 4 saturated heterocycles. The van der Waals surface area contributed by atoms with Gasteiger partial charge in [-0.2, -0.15) is 0 Å². The lowest BCUT2D eigenvalue weighted by Gasteiger charge is -2.37. The minimum absolute atomic E-state index is 0.740. The highest BCUT2D eigenvalue weighted by atomic mass is 16.5. The molecule has 9 aliphatic rings. The SMILES string of the molecule is C[N+]1(CCCCCN2CCOc3cc(N)ccc32)CCCC1.C[N+]1(CCCCCN2CCOc3cc(N)ccc32)CCOCC1.C[N+]1(CCCNCCCN2CCOc3cc(N)ccc32)CCCC1.C[N+]1(CCCNCCCN2CCOc3cc(N)ccc32)CCOCC1.C[n+]1ccn(CCCCCN2CCOc3cc(N)ccc32)c1. The van der Waals surface area contributed by atoms with Gasteiger partial charge in [-0.1, -0.05) is 0 Å². The van der Waals surface area contributed by atoms with Crippen LogP contribution in [0.4, 0.5) is 56.9 Å². The summed E-state index contributed by atoms with van der Waals surface area (Å²) in [5.74, 6) is 4.65. The van der Waals surface area contributed by atoms with Crippen LogP contribution in [-0.4, -0.2) is 280 Å². The van der Waals surface area contributed by atoms with Crippen LogP contribution >= 0.6 is 0 Å². The molecule has 0 saturated carbocycles. The van der Waals surface area contributed by atoms with Crippen LogP contribution in [0.3, 0.4) is 0 Å². The summed E-state index contributed by atoms with van der Waals surface area (Å²) in [5, 5.41) is 7.21. The van der Waals surface area contributed by atoms with Gasteiger partial charge in [-0.05, 0) is 144 Å². The fraction of sp³-hybridized carbons (Fsp3) is 0.637. The number of nitrogen functional groups attached to an aromatic ring is 5. The van der Waals surface area contributed by atoms with E-state index in [0.717, 1.165) is 258 Å². The number of likely N-dealkylation sites (N-methyl/N-ethyl adjacent to an activating group) is 2. The minimum Gasteiger partial charge on any atom is -0.489 e.